The van der Waals surface area contributed by atoms with E-state index in [2.05, 4.69) is 45.2 Å². The summed E-state index contributed by atoms with van der Waals surface area (Å²) in [4.78, 5) is 11.9. The maximum absolute atomic E-state index is 5.43. The van der Waals surface area contributed by atoms with Crippen molar-refractivity contribution in [1.29, 1.82) is 0 Å². The second kappa shape index (κ2) is 9.80. The summed E-state index contributed by atoms with van der Waals surface area (Å²) in [6, 6.07) is 14.5. The maximum atomic E-state index is 5.43. The molecule has 0 bridgehead atoms. The van der Waals surface area contributed by atoms with Gasteiger partial charge in [0.15, 0.2) is 5.96 Å². The highest BCUT2D eigenvalue weighted by atomic mass is 16.5. The normalized spacial score (nSPS) is 16.4. The van der Waals surface area contributed by atoms with E-state index in [1.165, 1.54) is 0 Å². The van der Waals surface area contributed by atoms with Crippen LogP contribution in [0.4, 0.5) is 5.69 Å². The Morgan fingerprint density at radius 2 is 1.91 bits per heavy atom. The van der Waals surface area contributed by atoms with E-state index in [4.69, 9.17) is 19.5 Å². The molecule has 170 valence electrons. The molecular formula is C24H32N6O2. The van der Waals surface area contributed by atoms with Crippen LogP contribution < -0.4 is 25.0 Å². The Bertz CT molecular complexity index is 1070. The van der Waals surface area contributed by atoms with E-state index in [0.29, 0.717) is 12.6 Å². The summed E-state index contributed by atoms with van der Waals surface area (Å²) in [5.74, 6) is 3.36. The molecule has 1 fully saturated rings. The summed E-state index contributed by atoms with van der Waals surface area (Å²) in [6.07, 6.45) is 1.02. The lowest BCUT2D eigenvalue weighted by molar-refractivity contribution is 0.394. The highest BCUT2D eigenvalue weighted by molar-refractivity contribution is 5.80. The molecule has 0 saturated carbocycles. The summed E-state index contributed by atoms with van der Waals surface area (Å²) in [6.45, 7) is 5.24. The zero-order valence-electron chi connectivity index (χ0n) is 19.3. The molecule has 1 atom stereocenters. The fraction of sp³-hybridized carbons (Fsp3) is 0.417. The lowest BCUT2D eigenvalue weighted by Crippen LogP contribution is -2.44. The van der Waals surface area contributed by atoms with Gasteiger partial charge >= 0.3 is 0 Å². The summed E-state index contributed by atoms with van der Waals surface area (Å²) in [5.41, 5.74) is 3.22. The Morgan fingerprint density at radius 3 is 2.59 bits per heavy atom. The van der Waals surface area contributed by atoms with Crippen molar-refractivity contribution in [3.63, 3.8) is 0 Å². The van der Waals surface area contributed by atoms with Crippen LogP contribution in [-0.2, 0) is 13.6 Å². The molecule has 0 amide bonds. The van der Waals surface area contributed by atoms with Crippen LogP contribution in [0.25, 0.3) is 11.0 Å². The fourth-order valence-electron chi connectivity index (χ4n) is 4.09. The molecule has 1 unspecified atom stereocenters. The molecule has 0 radical (unpaired) electrons. The molecule has 0 spiro atoms. The number of guanidine groups is 1. The SMILES string of the molecule is CCNC(=NCc1nc2ccccc2n1C)NC1CCN(c2cc(OC)cc(OC)c2)C1. The molecule has 0 aliphatic carbocycles. The summed E-state index contributed by atoms with van der Waals surface area (Å²) in [7, 11) is 5.39. The molecule has 4 rings (SSSR count). The largest absolute Gasteiger partial charge is 0.497 e. The number of aromatic nitrogens is 2. The van der Waals surface area contributed by atoms with Crippen molar-refractivity contribution in [3.8, 4) is 11.5 Å². The first kappa shape index (κ1) is 21.8. The number of hydrogen-bond acceptors (Lipinski definition) is 5. The molecule has 2 heterocycles. The first-order valence-corrected chi connectivity index (χ1v) is 11.0. The number of fused-ring (bicyclic) bond motifs is 1. The van der Waals surface area contributed by atoms with Crippen molar-refractivity contribution in [2.45, 2.75) is 25.9 Å². The molecule has 1 aliphatic heterocycles. The molecule has 1 aliphatic rings. The van der Waals surface area contributed by atoms with Gasteiger partial charge in [-0.05, 0) is 25.5 Å². The van der Waals surface area contributed by atoms with Crippen LogP contribution in [-0.4, -0.2) is 55.4 Å². The molecule has 2 aromatic carbocycles. The van der Waals surface area contributed by atoms with Crippen molar-refractivity contribution >= 4 is 22.7 Å². The number of hydrogen-bond donors (Lipinski definition) is 2. The van der Waals surface area contributed by atoms with Gasteiger partial charge in [-0.2, -0.15) is 0 Å². The van der Waals surface area contributed by atoms with E-state index in [1.807, 2.05) is 31.3 Å². The zero-order valence-corrected chi connectivity index (χ0v) is 19.3. The van der Waals surface area contributed by atoms with E-state index >= 15 is 0 Å². The lowest BCUT2D eigenvalue weighted by atomic mass is 10.2. The van der Waals surface area contributed by atoms with Gasteiger partial charge in [0.1, 0.15) is 23.9 Å². The number of aryl methyl sites for hydroxylation is 1. The number of aliphatic imine (C=N–C) groups is 1. The Kier molecular flexibility index (Phi) is 6.68. The molecule has 32 heavy (non-hydrogen) atoms. The predicted octanol–water partition coefficient (Wildman–Crippen LogP) is 2.92. The zero-order chi connectivity index (χ0) is 22.5. The maximum Gasteiger partial charge on any atom is 0.191 e. The number of para-hydroxylation sites is 2. The van der Waals surface area contributed by atoms with Gasteiger partial charge in [-0.15, -0.1) is 0 Å². The minimum atomic E-state index is 0.297. The first-order valence-electron chi connectivity index (χ1n) is 11.0. The van der Waals surface area contributed by atoms with Crippen LogP contribution >= 0.6 is 0 Å². The summed E-state index contributed by atoms with van der Waals surface area (Å²) < 4.78 is 13.0. The standard InChI is InChI=1S/C24H32N6O2/c1-5-25-24(26-15-23-28-21-8-6-7-9-22(21)29(23)2)27-17-10-11-30(16-17)18-12-19(31-3)14-20(13-18)32-4/h6-9,12-14,17H,5,10-11,15-16H2,1-4H3,(H2,25,26,27). The van der Waals surface area contributed by atoms with E-state index < -0.39 is 0 Å². The Labute approximate surface area is 189 Å². The van der Waals surface area contributed by atoms with Crippen molar-refractivity contribution in [3.05, 3.63) is 48.3 Å². The van der Waals surface area contributed by atoms with Gasteiger partial charge in [0.25, 0.3) is 0 Å². The second-order valence-electron chi connectivity index (χ2n) is 7.92. The summed E-state index contributed by atoms with van der Waals surface area (Å²) in [5, 5.41) is 6.96. The van der Waals surface area contributed by atoms with Gasteiger partial charge in [0, 0.05) is 56.6 Å². The van der Waals surface area contributed by atoms with Gasteiger partial charge in [0.05, 0.1) is 25.3 Å². The number of ether oxygens (including phenoxy) is 2. The number of anilines is 1. The van der Waals surface area contributed by atoms with Crippen molar-refractivity contribution in [2.24, 2.45) is 12.0 Å². The Balaban J connectivity index is 1.44. The van der Waals surface area contributed by atoms with E-state index in [0.717, 1.165) is 66.1 Å². The number of nitrogens with one attached hydrogen (secondary N) is 2. The van der Waals surface area contributed by atoms with Crippen LogP contribution in [0.3, 0.4) is 0 Å². The van der Waals surface area contributed by atoms with Crippen molar-refractivity contribution in [1.82, 2.24) is 20.2 Å². The number of methoxy groups -OCH3 is 2. The van der Waals surface area contributed by atoms with Gasteiger partial charge in [0.2, 0.25) is 0 Å². The molecular weight excluding hydrogens is 404 g/mol. The minimum Gasteiger partial charge on any atom is -0.497 e. The number of imidazole rings is 1. The molecule has 8 heteroatoms. The molecule has 8 nitrogen and oxygen atoms in total. The third kappa shape index (κ3) is 4.74. The van der Waals surface area contributed by atoms with E-state index in [1.54, 1.807) is 14.2 Å². The highest BCUT2D eigenvalue weighted by Gasteiger charge is 2.24. The Hall–Kier alpha value is -3.42. The van der Waals surface area contributed by atoms with Gasteiger partial charge in [-0.25, -0.2) is 9.98 Å². The first-order chi connectivity index (χ1) is 15.6. The van der Waals surface area contributed by atoms with E-state index in [-0.39, 0.29) is 0 Å². The van der Waals surface area contributed by atoms with Gasteiger partial charge < -0.3 is 29.6 Å². The minimum absolute atomic E-state index is 0.297. The van der Waals surface area contributed by atoms with Crippen LogP contribution in [0.2, 0.25) is 0 Å². The molecule has 1 saturated heterocycles. The van der Waals surface area contributed by atoms with Gasteiger partial charge in [-0.3, -0.25) is 0 Å². The number of rotatable bonds is 7. The third-order valence-electron chi connectivity index (χ3n) is 5.83. The quantitative estimate of drug-likeness (QED) is 0.438. The Morgan fingerprint density at radius 1 is 1.16 bits per heavy atom. The van der Waals surface area contributed by atoms with Crippen molar-refractivity contribution < 1.29 is 9.47 Å². The highest BCUT2D eigenvalue weighted by Crippen LogP contribution is 2.30. The number of nitrogens with zero attached hydrogens (tertiary/aromatic N) is 4. The molecule has 3 aromatic rings. The van der Waals surface area contributed by atoms with Crippen LogP contribution in [0, 0.1) is 0 Å². The average Bonchev–Trinajstić information content (AvgIpc) is 3.42. The van der Waals surface area contributed by atoms with Crippen molar-refractivity contribution in [2.75, 3.05) is 38.8 Å². The van der Waals surface area contributed by atoms with Crippen LogP contribution in [0.15, 0.2) is 47.5 Å². The number of benzene rings is 2. The predicted molar refractivity (Wildman–Crippen MR) is 129 cm³/mol. The van der Waals surface area contributed by atoms with Gasteiger partial charge in [-0.1, -0.05) is 12.1 Å². The third-order valence-corrected chi connectivity index (χ3v) is 5.83. The smallest absolute Gasteiger partial charge is 0.191 e. The van der Waals surface area contributed by atoms with Crippen LogP contribution in [0.5, 0.6) is 11.5 Å². The second-order valence-corrected chi connectivity index (χ2v) is 7.92. The monoisotopic (exact) mass is 436 g/mol. The average molecular weight is 437 g/mol. The molecule has 2 N–H and O–H groups in total. The van der Waals surface area contributed by atoms with E-state index in [9.17, 15) is 0 Å². The lowest BCUT2D eigenvalue weighted by Gasteiger charge is -2.21. The fourth-order valence-corrected chi connectivity index (χ4v) is 4.09. The summed E-state index contributed by atoms with van der Waals surface area (Å²) >= 11 is 0. The topological polar surface area (TPSA) is 75.9 Å². The molecule has 1 aromatic heterocycles. The van der Waals surface area contributed by atoms with Crippen LogP contribution in [0.1, 0.15) is 19.2 Å².